The summed E-state index contributed by atoms with van der Waals surface area (Å²) >= 11 is 12.9. The second-order valence-corrected chi connectivity index (χ2v) is 9.99. The molecule has 35 heavy (non-hydrogen) atoms. The zero-order valence-corrected chi connectivity index (χ0v) is 21.4. The summed E-state index contributed by atoms with van der Waals surface area (Å²) < 4.78 is 5.25. The number of rotatable bonds is 7. The molecular weight excluding hydrogens is 481 g/mol. The number of methoxy groups -OCH3 is 1. The summed E-state index contributed by atoms with van der Waals surface area (Å²) in [4.78, 5) is 8.06. The van der Waals surface area contributed by atoms with E-state index >= 15 is 0 Å². The number of nitrogens with zero attached hydrogens (tertiary/aromatic N) is 3. The van der Waals surface area contributed by atoms with E-state index in [1.54, 1.807) is 19.2 Å². The molecule has 7 heteroatoms. The van der Waals surface area contributed by atoms with Gasteiger partial charge in [-0.3, -0.25) is 4.90 Å². The first-order valence-corrected chi connectivity index (χ1v) is 12.3. The highest BCUT2D eigenvalue weighted by Gasteiger charge is 2.34. The van der Waals surface area contributed by atoms with Gasteiger partial charge >= 0.3 is 0 Å². The number of hydrogen-bond acceptors (Lipinski definition) is 4. The normalized spacial score (nSPS) is 18.2. The van der Waals surface area contributed by atoms with Gasteiger partial charge in [0.15, 0.2) is 5.69 Å². The van der Waals surface area contributed by atoms with Gasteiger partial charge < -0.3 is 14.7 Å². The molecule has 0 spiro atoms. The molecule has 0 aromatic heterocycles. The fourth-order valence-electron chi connectivity index (χ4n) is 4.70. The molecule has 182 valence electrons. The van der Waals surface area contributed by atoms with Crippen LogP contribution in [0.2, 0.25) is 10.0 Å². The second kappa shape index (κ2) is 11.0. The summed E-state index contributed by atoms with van der Waals surface area (Å²) in [6, 6.07) is 21.2. The highest BCUT2D eigenvalue weighted by Crippen LogP contribution is 2.37. The quantitative estimate of drug-likeness (QED) is 0.371. The minimum absolute atomic E-state index is 0.0343. The fraction of sp³-hybridized carbons (Fsp3) is 0.321. The van der Waals surface area contributed by atoms with Gasteiger partial charge in [0.2, 0.25) is 0 Å². The van der Waals surface area contributed by atoms with E-state index in [9.17, 15) is 5.11 Å². The molecular formula is C28H29Cl2N3O2. The molecule has 3 aromatic rings. The largest absolute Gasteiger partial charge is 0.384 e. The third-order valence-corrected chi connectivity index (χ3v) is 7.06. The standard InChI is InChI=1S/C28H29Cl2N3O2/c1-28(34,22-7-11-24(31-2)12-8-22)19-32-14-15-33(26-13-4-20(18-35-3)16-25(26)30)27(17-32)21-5-9-23(29)10-6-21/h4-13,16,27,34H,14-15,17-19H2,1,3H3/t27-,28+/m0/s1. The van der Waals surface area contributed by atoms with Crippen molar-refractivity contribution in [1.29, 1.82) is 0 Å². The van der Waals surface area contributed by atoms with Crippen molar-refractivity contribution >= 4 is 34.6 Å². The summed E-state index contributed by atoms with van der Waals surface area (Å²) in [5.41, 5.74) is 3.46. The van der Waals surface area contributed by atoms with Gasteiger partial charge in [0.25, 0.3) is 0 Å². The van der Waals surface area contributed by atoms with Crippen molar-refractivity contribution in [1.82, 2.24) is 4.90 Å². The topological polar surface area (TPSA) is 40.3 Å². The summed E-state index contributed by atoms with van der Waals surface area (Å²) in [6.45, 7) is 12.2. The molecule has 1 aliphatic rings. The Labute approximate surface area is 217 Å². The van der Waals surface area contributed by atoms with Crippen LogP contribution in [0.15, 0.2) is 66.7 Å². The lowest BCUT2D eigenvalue weighted by molar-refractivity contribution is 0.0103. The van der Waals surface area contributed by atoms with Crippen molar-refractivity contribution in [3.63, 3.8) is 0 Å². The Morgan fingerprint density at radius 2 is 1.77 bits per heavy atom. The molecule has 0 saturated carbocycles. The lowest BCUT2D eigenvalue weighted by atomic mass is 9.93. The summed E-state index contributed by atoms with van der Waals surface area (Å²) in [5.74, 6) is 0. The highest BCUT2D eigenvalue weighted by atomic mass is 35.5. The molecule has 1 heterocycles. The van der Waals surface area contributed by atoms with Crippen LogP contribution in [-0.2, 0) is 16.9 Å². The lowest BCUT2D eigenvalue weighted by Gasteiger charge is -2.45. The predicted octanol–water partition coefficient (Wildman–Crippen LogP) is 6.46. The predicted molar refractivity (Wildman–Crippen MR) is 142 cm³/mol. The van der Waals surface area contributed by atoms with E-state index in [1.165, 1.54) is 0 Å². The smallest absolute Gasteiger partial charge is 0.187 e. The van der Waals surface area contributed by atoms with Gasteiger partial charge in [-0.25, -0.2) is 4.85 Å². The van der Waals surface area contributed by atoms with Gasteiger partial charge in [0.05, 0.1) is 35.5 Å². The van der Waals surface area contributed by atoms with Crippen LogP contribution in [0.3, 0.4) is 0 Å². The first-order valence-electron chi connectivity index (χ1n) is 11.5. The SMILES string of the molecule is [C-]#[N+]c1ccc([C@](C)(O)CN2CCN(c3ccc(COC)cc3Cl)[C@H](c3ccc(Cl)cc3)C2)cc1. The van der Waals surface area contributed by atoms with E-state index in [0.717, 1.165) is 35.5 Å². The molecule has 2 atom stereocenters. The van der Waals surface area contributed by atoms with Crippen LogP contribution in [0, 0.1) is 6.57 Å². The number of halogens is 2. The Balaban J connectivity index is 1.59. The minimum atomic E-state index is -1.05. The number of ether oxygens (including phenoxy) is 1. The summed E-state index contributed by atoms with van der Waals surface area (Å²) in [5, 5.41) is 12.7. The van der Waals surface area contributed by atoms with Crippen LogP contribution in [0.4, 0.5) is 11.4 Å². The van der Waals surface area contributed by atoms with E-state index in [4.69, 9.17) is 34.5 Å². The van der Waals surface area contributed by atoms with Crippen LogP contribution in [0.1, 0.15) is 29.7 Å². The first kappa shape index (κ1) is 25.5. The fourth-order valence-corrected chi connectivity index (χ4v) is 5.14. The van der Waals surface area contributed by atoms with E-state index in [0.29, 0.717) is 35.4 Å². The zero-order valence-electron chi connectivity index (χ0n) is 19.9. The number of anilines is 1. The third kappa shape index (κ3) is 5.98. The van der Waals surface area contributed by atoms with E-state index < -0.39 is 5.60 Å². The zero-order chi connectivity index (χ0) is 25.0. The van der Waals surface area contributed by atoms with Crippen molar-refractivity contribution < 1.29 is 9.84 Å². The molecule has 0 radical (unpaired) electrons. The third-order valence-electron chi connectivity index (χ3n) is 6.50. The van der Waals surface area contributed by atoms with Gasteiger partial charge in [0, 0.05) is 38.3 Å². The van der Waals surface area contributed by atoms with E-state index in [1.807, 2.05) is 43.3 Å². The highest BCUT2D eigenvalue weighted by molar-refractivity contribution is 6.33. The Morgan fingerprint density at radius 3 is 2.40 bits per heavy atom. The van der Waals surface area contributed by atoms with Crippen LogP contribution < -0.4 is 4.90 Å². The number of β-amino-alcohol motifs (C(OH)–C–C–N with tert-alkyl or cyclic N) is 1. The molecule has 0 bridgehead atoms. The van der Waals surface area contributed by atoms with Gasteiger partial charge in [-0.1, -0.05) is 65.7 Å². The van der Waals surface area contributed by atoms with Crippen LogP contribution in [0.25, 0.3) is 4.85 Å². The number of aliphatic hydroxyl groups is 1. The van der Waals surface area contributed by atoms with Gasteiger partial charge in [-0.05, 0) is 47.9 Å². The van der Waals surface area contributed by atoms with Gasteiger partial charge in [-0.15, -0.1) is 0 Å². The number of hydrogen-bond donors (Lipinski definition) is 1. The molecule has 5 nitrogen and oxygen atoms in total. The molecule has 1 N–H and O–H groups in total. The Hall–Kier alpha value is -2.59. The monoisotopic (exact) mass is 509 g/mol. The minimum Gasteiger partial charge on any atom is -0.384 e. The molecule has 3 aromatic carbocycles. The Kier molecular flexibility index (Phi) is 8.01. The average molecular weight is 510 g/mol. The van der Waals surface area contributed by atoms with Gasteiger partial charge in [0.1, 0.15) is 0 Å². The average Bonchev–Trinajstić information content (AvgIpc) is 2.85. The van der Waals surface area contributed by atoms with Crippen LogP contribution in [-0.4, -0.2) is 43.3 Å². The molecule has 1 aliphatic heterocycles. The van der Waals surface area contributed by atoms with Crippen molar-refractivity contribution in [3.05, 3.63) is 105 Å². The van der Waals surface area contributed by atoms with Gasteiger partial charge in [-0.2, -0.15) is 0 Å². The molecule has 0 amide bonds. The molecule has 0 unspecified atom stereocenters. The summed E-state index contributed by atoms with van der Waals surface area (Å²) in [7, 11) is 1.67. The number of benzene rings is 3. The lowest BCUT2D eigenvalue weighted by Crippen LogP contribution is -2.52. The molecule has 1 saturated heterocycles. The maximum absolute atomic E-state index is 11.3. The van der Waals surface area contributed by atoms with E-state index in [-0.39, 0.29) is 6.04 Å². The summed E-state index contributed by atoms with van der Waals surface area (Å²) in [6.07, 6.45) is 0. The maximum atomic E-state index is 11.3. The van der Waals surface area contributed by atoms with Crippen molar-refractivity contribution in [2.75, 3.05) is 38.2 Å². The van der Waals surface area contributed by atoms with Crippen molar-refractivity contribution in [2.24, 2.45) is 0 Å². The van der Waals surface area contributed by atoms with Crippen molar-refractivity contribution in [2.45, 2.75) is 25.2 Å². The molecule has 0 aliphatic carbocycles. The van der Waals surface area contributed by atoms with Crippen LogP contribution in [0.5, 0.6) is 0 Å². The molecule has 1 fully saturated rings. The second-order valence-electron chi connectivity index (χ2n) is 9.15. The number of piperazine rings is 1. The Morgan fingerprint density at radius 1 is 1.06 bits per heavy atom. The first-order chi connectivity index (χ1) is 16.8. The van der Waals surface area contributed by atoms with E-state index in [2.05, 4.69) is 32.8 Å². The Bertz CT molecular complexity index is 1190. The maximum Gasteiger partial charge on any atom is 0.187 e. The molecule has 4 rings (SSSR count). The van der Waals surface area contributed by atoms with Crippen LogP contribution >= 0.6 is 23.2 Å². The van der Waals surface area contributed by atoms with Crippen molar-refractivity contribution in [3.8, 4) is 0 Å².